The number of carbonyl (C=O) groups is 2. The van der Waals surface area contributed by atoms with Crippen molar-refractivity contribution in [2.75, 3.05) is 13.2 Å². The zero-order valence-corrected chi connectivity index (χ0v) is 11.5. The summed E-state index contributed by atoms with van der Waals surface area (Å²) in [6.45, 7) is 4.14. The Morgan fingerprint density at radius 3 is 2.60 bits per heavy atom. The third-order valence-electron chi connectivity index (χ3n) is 3.29. The molecule has 5 heteroatoms. The fourth-order valence-electron chi connectivity index (χ4n) is 2.38. The van der Waals surface area contributed by atoms with E-state index in [1.54, 1.807) is 13.8 Å². The molecule has 1 atom stereocenters. The Kier molecular flexibility index (Phi) is 4.62. The van der Waals surface area contributed by atoms with Crippen LogP contribution in [0, 0.1) is 11.7 Å². The van der Waals surface area contributed by atoms with Crippen molar-refractivity contribution in [3.63, 3.8) is 0 Å². The molecule has 108 valence electrons. The second-order valence-corrected chi connectivity index (χ2v) is 4.57. The van der Waals surface area contributed by atoms with Crippen LogP contribution >= 0.6 is 0 Å². The molecule has 1 aromatic carbocycles. The van der Waals surface area contributed by atoms with E-state index in [9.17, 15) is 14.0 Å². The number of halogens is 1. The van der Waals surface area contributed by atoms with E-state index in [0.717, 1.165) is 0 Å². The largest absolute Gasteiger partial charge is 0.346 e. The summed E-state index contributed by atoms with van der Waals surface area (Å²) in [5, 5.41) is 0. The molecule has 0 radical (unpaired) electrons. The zero-order chi connectivity index (χ0) is 14.7. The van der Waals surface area contributed by atoms with Gasteiger partial charge in [0.15, 0.2) is 11.6 Å². The van der Waals surface area contributed by atoms with Crippen molar-refractivity contribution in [1.29, 1.82) is 0 Å². The predicted octanol–water partition coefficient (Wildman–Crippen LogP) is 2.15. The Labute approximate surface area is 116 Å². The SMILES string of the molecule is CCOC(OCC)C(=O)C1Cc2cc(F)ccc2C1=O. The quantitative estimate of drug-likeness (QED) is 0.592. The molecule has 20 heavy (non-hydrogen) atoms. The first-order valence-electron chi connectivity index (χ1n) is 6.68. The minimum Gasteiger partial charge on any atom is -0.346 e. The summed E-state index contributed by atoms with van der Waals surface area (Å²) in [7, 11) is 0. The van der Waals surface area contributed by atoms with E-state index >= 15 is 0 Å². The highest BCUT2D eigenvalue weighted by molar-refractivity contribution is 6.14. The monoisotopic (exact) mass is 280 g/mol. The van der Waals surface area contributed by atoms with E-state index in [4.69, 9.17) is 9.47 Å². The Morgan fingerprint density at radius 1 is 1.35 bits per heavy atom. The maximum atomic E-state index is 13.2. The zero-order valence-electron chi connectivity index (χ0n) is 11.5. The number of Topliss-reactive ketones (excluding diaryl/α,β-unsaturated/α-hetero) is 2. The minimum absolute atomic E-state index is 0.210. The van der Waals surface area contributed by atoms with Crippen LogP contribution in [0.4, 0.5) is 4.39 Å². The predicted molar refractivity (Wildman–Crippen MR) is 70.0 cm³/mol. The van der Waals surface area contributed by atoms with Gasteiger partial charge in [0, 0.05) is 18.8 Å². The van der Waals surface area contributed by atoms with Crippen molar-refractivity contribution >= 4 is 11.6 Å². The van der Waals surface area contributed by atoms with Crippen LogP contribution in [0.5, 0.6) is 0 Å². The summed E-state index contributed by atoms with van der Waals surface area (Å²) < 4.78 is 23.6. The van der Waals surface area contributed by atoms with E-state index in [0.29, 0.717) is 24.3 Å². The molecule has 1 unspecified atom stereocenters. The molecule has 0 heterocycles. The van der Waals surface area contributed by atoms with Crippen LogP contribution in [0.1, 0.15) is 29.8 Å². The summed E-state index contributed by atoms with van der Waals surface area (Å²) in [6.07, 6.45) is -0.820. The maximum Gasteiger partial charge on any atom is 0.218 e. The Bertz CT molecular complexity index is 521. The molecule has 0 fully saturated rings. The molecule has 0 spiro atoms. The first-order chi connectivity index (χ1) is 9.58. The van der Waals surface area contributed by atoms with Gasteiger partial charge in [-0.1, -0.05) is 0 Å². The molecule has 0 bridgehead atoms. The van der Waals surface area contributed by atoms with Gasteiger partial charge in [-0.05, 0) is 44.0 Å². The van der Waals surface area contributed by atoms with Crippen LogP contribution in [0.15, 0.2) is 18.2 Å². The van der Waals surface area contributed by atoms with Crippen molar-refractivity contribution < 1.29 is 23.5 Å². The Morgan fingerprint density at radius 2 is 2.00 bits per heavy atom. The van der Waals surface area contributed by atoms with Crippen molar-refractivity contribution in [2.45, 2.75) is 26.6 Å². The molecule has 2 rings (SSSR count). The summed E-state index contributed by atoms with van der Waals surface area (Å²) >= 11 is 0. The molecular formula is C15H17FO4. The first kappa shape index (κ1) is 14.8. The van der Waals surface area contributed by atoms with Gasteiger partial charge in [0.05, 0.1) is 5.92 Å². The van der Waals surface area contributed by atoms with E-state index < -0.39 is 23.8 Å². The third-order valence-corrected chi connectivity index (χ3v) is 3.29. The molecule has 0 aliphatic heterocycles. The topological polar surface area (TPSA) is 52.6 Å². The first-order valence-corrected chi connectivity index (χ1v) is 6.68. The molecule has 1 aliphatic carbocycles. The molecule has 0 saturated carbocycles. The molecule has 0 amide bonds. The molecule has 0 saturated heterocycles. The number of ether oxygens (including phenoxy) is 2. The lowest BCUT2D eigenvalue weighted by Gasteiger charge is -2.18. The van der Waals surface area contributed by atoms with Crippen LogP contribution in [-0.2, 0) is 20.7 Å². The number of benzene rings is 1. The highest BCUT2D eigenvalue weighted by Gasteiger charge is 2.39. The summed E-state index contributed by atoms with van der Waals surface area (Å²) in [5.41, 5.74) is 0.983. The summed E-state index contributed by atoms with van der Waals surface area (Å²) in [4.78, 5) is 24.5. The molecule has 4 nitrogen and oxygen atoms in total. The van der Waals surface area contributed by atoms with E-state index in [1.165, 1.54) is 18.2 Å². The highest BCUT2D eigenvalue weighted by Crippen LogP contribution is 2.29. The van der Waals surface area contributed by atoms with Gasteiger partial charge in [-0.25, -0.2) is 4.39 Å². The van der Waals surface area contributed by atoms with Gasteiger partial charge in [0.1, 0.15) is 5.82 Å². The maximum absolute atomic E-state index is 13.2. The van der Waals surface area contributed by atoms with Gasteiger partial charge < -0.3 is 9.47 Å². The van der Waals surface area contributed by atoms with E-state index in [1.807, 2.05) is 0 Å². The lowest BCUT2D eigenvalue weighted by atomic mass is 9.99. The molecule has 0 aromatic heterocycles. The van der Waals surface area contributed by atoms with E-state index in [2.05, 4.69) is 0 Å². The number of ketones is 2. The average Bonchev–Trinajstić information content (AvgIpc) is 2.74. The average molecular weight is 280 g/mol. The number of rotatable bonds is 6. The van der Waals surface area contributed by atoms with Crippen molar-refractivity contribution in [3.8, 4) is 0 Å². The second kappa shape index (κ2) is 6.24. The second-order valence-electron chi connectivity index (χ2n) is 4.57. The third kappa shape index (κ3) is 2.78. The van der Waals surface area contributed by atoms with Crippen molar-refractivity contribution in [3.05, 3.63) is 35.1 Å². The van der Waals surface area contributed by atoms with Gasteiger partial charge in [0.2, 0.25) is 6.29 Å². The van der Waals surface area contributed by atoms with Gasteiger partial charge in [-0.15, -0.1) is 0 Å². The Balaban J connectivity index is 2.19. The highest BCUT2D eigenvalue weighted by atomic mass is 19.1. The van der Waals surface area contributed by atoms with Crippen LogP contribution in [0.2, 0.25) is 0 Å². The fourth-order valence-corrected chi connectivity index (χ4v) is 2.38. The number of hydrogen-bond donors (Lipinski definition) is 0. The standard InChI is InChI=1S/C15H17FO4/c1-3-19-15(20-4-2)14(18)12-8-9-7-10(16)5-6-11(9)13(12)17/h5-7,12,15H,3-4,8H2,1-2H3. The van der Waals surface area contributed by atoms with Gasteiger partial charge in [0.25, 0.3) is 0 Å². The number of carbonyl (C=O) groups excluding carboxylic acids is 2. The normalized spacial score (nSPS) is 17.6. The van der Waals surface area contributed by atoms with Crippen LogP contribution in [-0.4, -0.2) is 31.1 Å². The van der Waals surface area contributed by atoms with Gasteiger partial charge >= 0.3 is 0 Å². The lowest BCUT2D eigenvalue weighted by Crippen LogP contribution is -2.35. The number of hydrogen-bond acceptors (Lipinski definition) is 4. The Hall–Kier alpha value is -1.59. The van der Waals surface area contributed by atoms with Crippen molar-refractivity contribution in [1.82, 2.24) is 0 Å². The van der Waals surface area contributed by atoms with Crippen LogP contribution in [0.3, 0.4) is 0 Å². The summed E-state index contributed by atoms with van der Waals surface area (Å²) in [6, 6.07) is 3.96. The molecule has 1 aromatic rings. The minimum atomic E-state index is -1.03. The van der Waals surface area contributed by atoms with Gasteiger partial charge in [-0.2, -0.15) is 0 Å². The smallest absolute Gasteiger partial charge is 0.218 e. The molecule has 1 aliphatic rings. The van der Waals surface area contributed by atoms with Gasteiger partial charge in [-0.3, -0.25) is 9.59 Å². The molecule has 0 N–H and O–H groups in total. The van der Waals surface area contributed by atoms with Crippen LogP contribution < -0.4 is 0 Å². The molecular weight excluding hydrogens is 263 g/mol. The lowest BCUT2D eigenvalue weighted by molar-refractivity contribution is -0.170. The fraction of sp³-hybridized carbons (Fsp3) is 0.467. The summed E-state index contributed by atoms with van der Waals surface area (Å²) in [5.74, 6) is -1.92. The van der Waals surface area contributed by atoms with Crippen molar-refractivity contribution in [2.24, 2.45) is 5.92 Å². The van der Waals surface area contributed by atoms with E-state index in [-0.39, 0.29) is 12.2 Å². The number of fused-ring (bicyclic) bond motifs is 1. The van der Waals surface area contributed by atoms with Crippen LogP contribution in [0.25, 0.3) is 0 Å².